The standard InChI is InChI=1S/C58H54N6S.2C2H6/c1-6-8-13-28-44(37-45-39-65-53-33-21-20-29-46(45)53)48-31-22-34-54(60-48)63(41(5)23-9-7-2)51-35-36-52-56(55(51)40(3)4)47-30-18-12-19-32-50(47)64(52)58-61-49(42-24-14-10-15-25-42)38-59-57(62-58)43-26-16-11-17-27-43;2*1-2/h6-11,14-27,29-37,39-41H,2,12-13,28,38H2,1,3-5H3;2*1-2H3/b8-6?,23-9-,44-37+;;. The van der Waals surface area contributed by atoms with Crippen LogP contribution >= 0.6 is 11.3 Å². The summed E-state index contributed by atoms with van der Waals surface area (Å²) in [6, 6.07) is 40.2. The number of fused-ring (bicyclic) bond motifs is 4. The summed E-state index contributed by atoms with van der Waals surface area (Å²) >= 11 is 1.79. The summed E-state index contributed by atoms with van der Waals surface area (Å²) < 4.78 is 3.54. The Balaban J connectivity index is 0.00000171. The van der Waals surface area contributed by atoms with Gasteiger partial charge in [0.1, 0.15) is 5.82 Å². The number of hydrogen-bond acceptors (Lipinski definition) is 6. The molecule has 69 heavy (non-hydrogen) atoms. The van der Waals surface area contributed by atoms with E-state index in [-0.39, 0.29) is 12.0 Å². The van der Waals surface area contributed by atoms with Crippen molar-refractivity contribution in [1.82, 2.24) is 9.55 Å². The maximum absolute atomic E-state index is 5.56. The van der Waals surface area contributed by atoms with Crippen LogP contribution in [-0.4, -0.2) is 39.6 Å². The van der Waals surface area contributed by atoms with Gasteiger partial charge in [0, 0.05) is 26.9 Å². The third-order valence-electron chi connectivity index (χ3n) is 12.0. The molecule has 4 aromatic carbocycles. The predicted octanol–water partition coefficient (Wildman–Crippen LogP) is 17.2. The normalized spacial score (nSPS) is 14.0. The van der Waals surface area contributed by atoms with Crippen LogP contribution in [0.15, 0.2) is 185 Å². The van der Waals surface area contributed by atoms with Crippen LogP contribution < -0.4 is 4.90 Å². The van der Waals surface area contributed by atoms with Crippen molar-refractivity contribution in [3.05, 3.63) is 209 Å². The molecule has 9 rings (SSSR count). The lowest BCUT2D eigenvalue weighted by molar-refractivity contribution is 0.815. The molecule has 0 spiro atoms. The van der Waals surface area contributed by atoms with Gasteiger partial charge in [-0.05, 0) is 115 Å². The zero-order chi connectivity index (χ0) is 48.7. The predicted molar refractivity (Wildman–Crippen MR) is 304 cm³/mol. The maximum Gasteiger partial charge on any atom is 0.237 e. The average molecular weight is 927 g/mol. The summed E-state index contributed by atoms with van der Waals surface area (Å²) in [5, 5.41) is 4.71. The fraction of sp³-hybridized carbons (Fsp3) is 0.226. The quantitative estimate of drug-likeness (QED) is 0.0854. The van der Waals surface area contributed by atoms with Crippen molar-refractivity contribution >= 4 is 85.1 Å². The van der Waals surface area contributed by atoms with E-state index in [9.17, 15) is 0 Å². The number of allylic oxidation sites excluding steroid dienone is 7. The lowest BCUT2D eigenvalue weighted by atomic mass is 9.92. The van der Waals surface area contributed by atoms with Crippen molar-refractivity contribution in [2.24, 2.45) is 15.0 Å². The number of amidine groups is 1. The third-order valence-corrected chi connectivity index (χ3v) is 12.9. The lowest BCUT2D eigenvalue weighted by Crippen LogP contribution is -2.29. The van der Waals surface area contributed by atoms with Crippen LogP contribution in [0.5, 0.6) is 0 Å². The van der Waals surface area contributed by atoms with Gasteiger partial charge in [0.2, 0.25) is 5.96 Å². The number of aromatic nitrogens is 2. The Morgan fingerprint density at radius 3 is 2.28 bits per heavy atom. The van der Waals surface area contributed by atoms with Crippen LogP contribution in [0.1, 0.15) is 120 Å². The molecule has 1 atom stereocenters. The maximum atomic E-state index is 5.56. The highest BCUT2D eigenvalue weighted by Gasteiger charge is 2.29. The van der Waals surface area contributed by atoms with E-state index < -0.39 is 0 Å². The van der Waals surface area contributed by atoms with E-state index in [1.54, 1.807) is 11.3 Å². The molecular weight excluding hydrogens is 861 g/mol. The Morgan fingerprint density at radius 1 is 0.812 bits per heavy atom. The van der Waals surface area contributed by atoms with E-state index in [4.69, 9.17) is 20.0 Å². The van der Waals surface area contributed by atoms with E-state index in [2.05, 4.69) is 189 Å². The van der Waals surface area contributed by atoms with Gasteiger partial charge in [0.25, 0.3) is 0 Å². The largest absolute Gasteiger partial charge is 0.319 e. The fourth-order valence-electron chi connectivity index (χ4n) is 8.91. The molecule has 0 bridgehead atoms. The molecule has 1 unspecified atom stereocenters. The number of nitrogens with zero attached hydrogens (tertiary/aromatic N) is 6. The first-order chi connectivity index (χ1) is 33.9. The molecule has 3 aromatic heterocycles. The molecule has 7 aromatic rings. The molecule has 0 radical (unpaired) electrons. The first kappa shape index (κ1) is 49.7. The molecule has 1 aliphatic heterocycles. The smallest absolute Gasteiger partial charge is 0.237 e. The first-order valence-corrected chi connectivity index (χ1v) is 25.5. The molecule has 6 nitrogen and oxygen atoms in total. The van der Waals surface area contributed by atoms with E-state index in [1.165, 1.54) is 32.2 Å². The van der Waals surface area contributed by atoms with Crippen LogP contribution in [0.3, 0.4) is 0 Å². The molecule has 0 fully saturated rings. The Kier molecular flexibility index (Phi) is 17.4. The number of pyridine rings is 1. The van der Waals surface area contributed by atoms with E-state index in [1.807, 2.05) is 64.1 Å². The Hall–Kier alpha value is -7.22. The van der Waals surface area contributed by atoms with Crippen molar-refractivity contribution in [3.63, 3.8) is 0 Å². The highest BCUT2D eigenvalue weighted by molar-refractivity contribution is 7.17. The van der Waals surface area contributed by atoms with E-state index in [0.29, 0.717) is 18.3 Å². The topological polar surface area (TPSA) is 58.1 Å². The Morgan fingerprint density at radius 2 is 1.54 bits per heavy atom. The average Bonchev–Trinajstić information content (AvgIpc) is 3.72. The highest BCUT2D eigenvalue weighted by Crippen LogP contribution is 2.44. The highest BCUT2D eigenvalue weighted by atomic mass is 32.1. The van der Waals surface area contributed by atoms with Crippen LogP contribution in [0.2, 0.25) is 0 Å². The molecule has 0 N–H and O–H groups in total. The van der Waals surface area contributed by atoms with Gasteiger partial charge in [0.15, 0.2) is 5.84 Å². The van der Waals surface area contributed by atoms with Crippen molar-refractivity contribution in [3.8, 4) is 0 Å². The molecule has 0 saturated carbocycles. The monoisotopic (exact) mass is 927 g/mol. The van der Waals surface area contributed by atoms with E-state index >= 15 is 0 Å². The van der Waals surface area contributed by atoms with Crippen LogP contribution in [0.4, 0.5) is 11.5 Å². The summed E-state index contributed by atoms with van der Waals surface area (Å²) in [6.07, 6.45) is 24.4. The van der Waals surface area contributed by atoms with Gasteiger partial charge >= 0.3 is 0 Å². The molecule has 0 saturated heterocycles. The summed E-state index contributed by atoms with van der Waals surface area (Å²) in [7, 11) is 0. The summed E-state index contributed by atoms with van der Waals surface area (Å²) in [5.74, 6) is 2.26. The Bertz CT molecular complexity index is 3110. The molecular formula is C62H66N6S. The van der Waals surface area contributed by atoms with Crippen molar-refractivity contribution in [1.29, 1.82) is 0 Å². The third kappa shape index (κ3) is 11.1. The number of anilines is 2. The van der Waals surface area contributed by atoms with E-state index in [0.717, 1.165) is 70.1 Å². The molecule has 1 aliphatic carbocycles. The molecule has 4 heterocycles. The van der Waals surface area contributed by atoms with Crippen LogP contribution in [-0.2, 0) is 0 Å². The second-order valence-corrected chi connectivity index (χ2v) is 17.6. The summed E-state index contributed by atoms with van der Waals surface area (Å²) in [6.45, 7) is 21.4. The SMILES string of the molecule is C=C/C=C\C(C)N(c1cccc(/C(=C/c2csc3ccccc23)CCC=CC)n1)c1ccc2c(c3c(n2C2=NC(c4ccccc4)=NCC(c4ccccc4)=N2)C=CCC=C3)c1C(C)C.CC.CC. The van der Waals surface area contributed by atoms with Crippen molar-refractivity contribution in [2.75, 3.05) is 11.4 Å². The molecule has 7 heteroatoms. The summed E-state index contributed by atoms with van der Waals surface area (Å²) in [5.41, 5.74) is 11.8. The van der Waals surface area contributed by atoms with Gasteiger partial charge in [-0.3, -0.25) is 9.56 Å². The molecule has 2 aliphatic rings. The zero-order valence-corrected chi connectivity index (χ0v) is 42.4. The summed E-state index contributed by atoms with van der Waals surface area (Å²) in [4.78, 5) is 23.8. The number of hydrogen-bond donors (Lipinski definition) is 0. The number of aliphatic imine (C=N–C) groups is 3. The van der Waals surface area contributed by atoms with Crippen LogP contribution in [0.25, 0.3) is 44.8 Å². The molecule has 350 valence electrons. The van der Waals surface area contributed by atoms with Crippen molar-refractivity contribution in [2.45, 2.75) is 86.6 Å². The van der Waals surface area contributed by atoms with Gasteiger partial charge < -0.3 is 4.90 Å². The number of rotatable bonds is 13. The minimum absolute atomic E-state index is 0.0630. The number of thiophene rings is 1. The zero-order valence-electron chi connectivity index (χ0n) is 41.6. The second-order valence-electron chi connectivity index (χ2n) is 16.6. The van der Waals surface area contributed by atoms with Crippen LogP contribution in [0, 0.1) is 0 Å². The van der Waals surface area contributed by atoms with Crippen molar-refractivity contribution < 1.29 is 0 Å². The Labute approximate surface area is 414 Å². The second kappa shape index (κ2) is 24.2. The first-order valence-electron chi connectivity index (χ1n) is 24.6. The number of benzene rings is 4. The van der Waals surface area contributed by atoms with Gasteiger partial charge in [-0.15, -0.1) is 11.3 Å². The minimum atomic E-state index is -0.0630. The van der Waals surface area contributed by atoms with Gasteiger partial charge in [-0.25, -0.2) is 9.98 Å². The minimum Gasteiger partial charge on any atom is -0.319 e. The van der Waals surface area contributed by atoms with Gasteiger partial charge in [-0.1, -0.05) is 182 Å². The molecule has 0 amide bonds. The fourth-order valence-corrected chi connectivity index (χ4v) is 9.83. The lowest BCUT2D eigenvalue weighted by Gasteiger charge is -2.32. The van der Waals surface area contributed by atoms with Gasteiger partial charge in [0.05, 0.1) is 35.2 Å². The van der Waals surface area contributed by atoms with Gasteiger partial charge in [-0.2, -0.15) is 4.99 Å².